The van der Waals surface area contributed by atoms with Gasteiger partial charge in [-0.15, -0.1) is 0 Å². The third kappa shape index (κ3) is 16.7. The zero-order chi connectivity index (χ0) is 15.6. The van der Waals surface area contributed by atoms with Gasteiger partial charge in [0.05, 0.1) is 0 Å². The molecule has 0 N–H and O–H groups in total. The van der Waals surface area contributed by atoms with Crippen molar-refractivity contribution in [3.8, 4) is 0 Å². The van der Waals surface area contributed by atoms with Crippen molar-refractivity contribution < 1.29 is 0 Å². The van der Waals surface area contributed by atoms with Crippen LogP contribution in [0.5, 0.6) is 0 Å². The summed E-state index contributed by atoms with van der Waals surface area (Å²) in [6.45, 7) is 7.07. The molecule has 0 aromatic rings. The molecular formula is C20H43Al. The Labute approximate surface area is 140 Å². The molecule has 0 saturated carbocycles. The first-order valence-electron chi connectivity index (χ1n) is 10.3. The summed E-state index contributed by atoms with van der Waals surface area (Å²) in [5.74, 6) is 0. The fourth-order valence-corrected chi connectivity index (χ4v) is 6.17. The van der Waals surface area contributed by atoms with Crippen LogP contribution in [0, 0.1) is 0 Å². The maximum atomic E-state index is 2.46. The topological polar surface area (TPSA) is 0 Å². The molecule has 0 nitrogen and oxygen atoms in total. The minimum absolute atomic E-state index is 0.343. The molecule has 0 atom stereocenters. The summed E-state index contributed by atoms with van der Waals surface area (Å²) in [6.07, 6.45) is 20.7. The predicted octanol–water partition coefficient (Wildman–Crippen LogP) is 8.00. The average Bonchev–Trinajstić information content (AvgIpc) is 2.51. The van der Waals surface area contributed by atoms with Gasteiger partial charge in [-0.1, -0.05) is 127 Å². The molecule has 0 aliphatic heterocycles. The zero-order valence-electron chi connectivity index (χ0n) is 15.6. The van der Waals surface area contributed by atoms with Crippen molar-refractivity contribution in [3.63, 3.8) is 0 Å². The molecule has 1 heteroatoms. The Morgan fingerprint density at radius 2 is 0.762 bits per heavy atom. The number of hydrogen-bond acceptors (Lipinski definition) is 0. The molecule has 21 heavy (non-hydrogen) atoms. The minimum atomic E-state index is -0.343. The smallest absolute Gasteiger partial charge is 0.0967 e. The van der Waals surface area contributed by atoms with Crippen molar-refractivity contribution in [2.75, 3.05) is 0 Å². The lowest BCUT2D eigenvalue weighted by Crippen LogP contribution is -2.10. The van der Waals surface area contributed by atoms with Crippen LogP contribution in [0.3, 0.4) is 0 Å². The van der Waals surface area contributed by atoms with Crippen LogP contribution in [0.4, 0.5) is 0 Å². The Kier molecular flexibility index (Phi) is 19.1. The van der Waals surface area contributed by atoms with Gasteiger partial charge < -0.3 is 0 Å². The molecule has 0 aliphatic rings. The van der Waals surface area contributed by atoms with Gasteiger partial charge in [0.1, 0.15) is 0 Å². The Balaban J connectivity index is 3.29. The number of hydrogen-bond donors (Lipinski definition) is 0. The van der Waals surface area contributed by atoms with E-state index in [-0.39, 0.29) is 14.1 Å². The second kappa shape index (κ2) is 18.6. The molecule has 0 aliphatic carbocycles. The molecule has 0 aromatic heterocycles. The third-order valence-corrected chi connectivity index (χ3v) is 8.61. The lowest BCUT2D eigenvalue weighted by Gasteiger charge is -2.09. The van der Waals surface area contributed by atoms with Gasteiger partial charge in [0.25, 0.3) is 14.1 Å². The van der Waals surface area contributed by atoms with Crippen LogP contribution in [0.25, 0.3) is 0 Å². The van der Waals surface area contributed by atoms with Gasteiger partial charge in [-0.3, -0.25) is 0 Å². The first-order valence-corrected chi connectivity index (χ1v) is 12.8. The van der Waals surface area contributed by atoms with Gasteiger partial charge in [-0.25, -0.2) is 0 Å². The highest BCUT2D eigenvalue weighted by atomic mass is 27.2. The van der Waals surface area contributed by atoms with E-state index in [2.05, 4.69) is 20.8 Å². The summed E-state index contributed by atoms with van der Waals surface area (Å²) in [4.78, 5) is 0. The maximum Gasteiger partial charge on any atom is 0.261 e. The fraction of sp³-hybridized carbons (Fsp3) is 1.00. The van der Waals surface area contributed by atoms with Crippen molar-refractivity contribution in [1.82, 2.24) is 0 Å². The maximum absolute atomic E-state index is 2.46. The van der Waals surface area contributed by atoms with Crippen molar-refractivity contribution in [2.45, 2.75) is 127 Å². The van der Waals surface area contributed by atoms with E-state index in [1.807, 2.05) is 0 Å². The Morgan fingerprint density at radius 3 is 1.10 bits per heavy atom. The third-order valence-electron chi connectivity index (χ3n) is 5.01. The molecule has 0 radical (unpaired) electrons. The van der Waals surface area contributed by atoms with Crippen LogP contribution in [0.1, 0.15) is 111 Å². The monoisotopic (exact) mass is 310 g/mol. The number of rotatable bonds is 17. The average molecular weight is 311 g/mol. The summed E-state index contributed by atoms with van der Waals surface area (Å²) >= 11 is -0.343. The van der Waals surface area contributed by atoms with E-state index >= 15 is 0 Å². The van der Waals surface area contributed by atoms with E-state index in [1.165, 1.54) is 77.0 Å². The highest BCUT2D eigenvalue weighted by Crippen LogP contribution is 2.17. The molecule has 0 saturated heterocycles. The van der Waals surface area contributed by atoms with Crippen molar-refractivity contribution >= 4 is 14.1 Å². The molecule has 0 unspecified atom stereocenters. The van der Waals surface area contributed by atoms with Gasteiger partial charge in [0, 0.05) is 0 Å². The second-order valence-corrected chi connectivity index (χ2v) is 10.8. The van der Waals surface area contributed by atoms with Crippen LogP contribution in [-0.2, 0) is 0 Å². The van der Waals surface area contributed by atoms with Crippen LogP contribution in [0.15, 0.2) is 0 Å². The first-order chi connectivity index (χ1) is 10.3. The summed E-state index contributed by atoms with van der Waals surface area (Å²) in [5, 5.41) is 4.83. The number of unbranched alkanes of at least 4 members (excludes halogenated alkanes) is 12. The quantitative estimate of drug-likeness (QED) is 0.188. The molecule has 0 aromatic carbocycles. The fourth-order valence-electron chi connectivity index (χ4n) is 3.33. The minimum Gasteiger partial charge on any atom is -0.0967 e. The first kappa shape index (κ1) is 21.5. The molecular weight excluding hydrogens is 267 g/mol. The van der Waals surface area contributed by atoms with Gasteiger partial charge in [0.2, 0.25) is 0 Å². The van der Waals surface area contributed by atoms with Crippen LogP contribution >= 0.6 is 0 Å². The van der Waals surface area contributed by atoms with Crippen molar-refractivity contribution in [1.29, 1.82) is 0 Å². The standard InChI is InChI=1S/2C9H19.C2H5.Al/c2*1-3-5-7-9-8-6-4-2;1-2;/h2*1,3-9H2,2H3;1H2,2H3;. The SMILES string of the molecule is CCCCCCCC[CH2][Al]([CH2]C)[CH2]CCCCCCCC. The van der Waals surface area contributed by atoms with Crippen molar-refractivity contribution in [2.24, 2.45) is 0 Å². The van der Waals surface area contributed by atoms with Gasteiger partial charge >= 0.3 is 0 Å². The van der Waals surface area contributed by atoms with Crippen LogP contribution in [0.2, 0.25) is 15.8 Å². The molecule has 0 heterocycles. The Hall–Kier alpha value is 0.532. The van der Waals surface area contributed by atoms with E-state index in [9.17, 15) is 0 Å². The summed E-state index contributed by atoms with van der Waals surface area (Å²) in [7, 11) is 0. The molecule has 0 rings (SSSR count). The van der Waals surface area contributed by atoms with Gasteiger partial charge in [0.15, 0.2) is 0 Å². The lowest BCUT2D eigenvalue weighted by molar-refractivity contribution is 0.596. The van der Waals surface area contributed by atoms with Crippen LogP contribution in [-0.4, -0.2) is 14.1 Å². The van der Waals surface area contributed by atoms with Crippen LogP contribution < -0.4 is 0 Å². The van der Waals surface area contributed by atoms with Gasteiger partial charge in [-0.2, -0.15) is 0 Å². The van der Waals surface area contributed by atoms with E-state index in [0.29, 0.717) is 0 Å². The summed E-state index contributed by atoms with van der Waals surface area (Å²) < 4.78 is 0. The normalized spacial score (nSPS) is 11.0. The van der Waals surface area contributed by atoms with E-state index < -0.39 is 0 Å². The predicted molar refractivity (Wildman–Crippen MR) is 102 cm³/mol. The molecule has 126 valence electrons. The largest absolute Gasteiger partial charge is 0.261 e. The Morgan fingerprint density at radius 1 is 0.429 bits per heavy atom. The van der Waals surface area contributed by atoms with Crippen molar-refractivity contribution in [3.05, 3.63) is 0 Å². The Bertz CT molecular complexity index is 161. The molecule has 0 bridgehead atoms. The molecule has 0 spiro atoms. The summed E-state index contributed by atoms with van der Waals surface area (Å²) in [6, 6.07) is 0. The highest BCUT2D eigenvalue weighted by Gasteiger charge is 2.13. The van der Waals surface area contributed by atoms with Gasteiger partial charge in [-0.05, 0) is 0 Å². The summed E-state index contributed by atoms with van der Waals surface area (Å²) in [5.41, 5.74) is 0. The molecule has 0 amide bonds. The van der Waals surface area contributed by atoms with E-state index in [4.69, 9.17) is 0 Å². The molecule has 0 fully saturated rings. The van der Waals surface area contributed by atoms with E-state index in [0.717, 1.165) is 0 Å². The van der Waals surface area contributed by atoms with E-state index in [1.54, 1.807) is 28.7 Å². The second-order valence-electron chi connectivity index (χ2n) is 7.09. The lowest BCUT2D eigenvalue weighted by atomic mass is 10.1. The zero-order valence-corrected chi connectivity index (χ0v) is 16.8. The highest BCUT2D eigenvalue weighted by molar-refractivity contribution is 6.58.